The highest BCUT2D eigenvalue weighted by Gasteiger charge is 2.17. The average Bonchev–Trinajstić information content (AvgIpc) is 3.18. The van der Waals surface area contributed by atoms with Crippen LogP contribution in [0.3, 0.4) is 0 Å². The van der Waals surface area contributed by atoms with Crippen molar-refractivity contribution in [3.05, 3.63) is 54.1 Å². The fourth-order valence-corrected chi connectivity index (χ4v) is 5.12. The zero-order valence-corrected chi connectivity index (χ0v) is 19.5. The van der Waals surface area contributed by atoms with Gasteiger partial charge in [-0.25, -0.2) is 4.68 Å². The number of nitrogens with two attached hydrogens (primary N) is 1. The molecule has 0 atom stereocenters. The van der Waals surface area contributed by atoms with Crippen molar-refractivity contribution >= 4 is 35.1 Å². The number of benzene rings is 2. The number of anilines is 1. The molecule has 2 heterocycles. The van der Waals surface area contributed by atoms with E-state index in [0.717, 1.165) is 30.9 Å². The van der Waals surface area contributed by atoms with E-state index in [1.54, 1.807) is 7.11 Å². The normalized spacial score (nSPS) is 14.3. The molecular weight excluding hydrogens is 444 g/mol. The number of nitrogen functional groups attached to an aromatic ring is 1. The number of ether oxygens (including phenoxy) is 1. The topological polar surface area (TPSA) is 98.3 Å². The van der Waals surface area contributed by atoms with E-state index in [0.29, 0.717) is 16.7 Å². The molecule has 0 unspecified atom stereocenters. The van der Waals surface area contributed by atoms with Crippen LogP contribution in [0.15, 0.2) is 53.7 Å². The van der Waals surface area contributed by atoms with Gasteiger partial charge in [0, 0.05) is 36.8 Å². The van der Waals surface area contributed by atoms with Gasteiger partial charge in [-0.1, -0.05) is 36.0 Å². The Labute approximate surface area is 195 Å². The summed E-state index contributed by atoms with van der Waals surface area (Å²) < 4.78 is 6.76. The number of nitrogens with zero attached hydrogens (tertiary/aromatic N) is 4. The number of aromatic nitrogens is 3. The standard InChI is InChI=1S/C22H26N6O2S2/c1-30-19-8-3-2-7-18(19)21-25-26-22(28(21)23)32-15-20(29)24-17-6-4-5-16(13-17)14-27-9-11-31-12-10-27/h2-8,13H,9-12,14-15,23H2,1H3,(H,24,29). The quantitative estimate of drug-likeness (QED) is 0.383. The summed E-state index contributed by atoms with van der Waals surface area (Å²) in [6.45, 7) is 3.12. The Hall–Kier alpha value is -2.69. The molecule has 3 aromatic rings. The number of amides is 1. The van der Waals surface area contributed by atoms with Crippen LogP contribution in [-0.4, -0.2) is 63.1 Å². The second-order valence-corrected chi connectivity index (χ2v) is 9.47. The highest BCUT2D eigenvalue weighted by atomic mass is 32.2. The Morgan fingerprint density at radius 3 is 2.81 bits per heavy atom. The van der Waals surface area contributed by atoms with E-state index in [1.165, 1.54) is 33.5 Å². The summed E-state index contributed by atoms with van der Waals surface area (Å²) in [5.74, 6) is 9.73. The van der Waals surface area contributed by atoms with Crippen LogP contribution in [0.1, 0.15) is 5.56 Å². The van der Waals surface area contributed by atoms with Crippen LogP contribution in [0.5, 0.6) is 5.75 Å². The average molecular weight is 471 g/mol. The van der Waals surface area contributed by atoms with Crippen molar-refractivity contribution in [2.45, 2.75) is 11.7 Å². The third-order valence-electron chi connectivity index (χ3n) is 5.07. The zero-order valence-electron chi connectivity index (χ0n) is 17.9. The summed E-state index contributed by atoms with van der Waals surface area (Å²) in [6.07, 6.45) is 0. The molecule has 1 aliphatic heterocycles. The molecule has 8 nitrogen and oxygen atoms in total. The summed E-state index contributed by atoms with van der Waals surface area (Å²) in [5.41, 5.74) is 2.74. The lowest BCUT2D eigenvalue weighted by Gasteiger charge is -2.26. The van der Waals surface area contributed by atoms with Gasteiger partial charge in [-0.2, -0.15) is 11.8 Å². The zero-order chi connectivity index (χ0) is 22.3. The molecule has 168 valence electrons. The van der Waals surface area contributed by atoms with E-state index in [-0.39, 0.29) is 11.7 Å². The van der Waals surface area contributed by atoms with Gasteiger partial charge in [0.25, 0.3) is 0 Å². The third-order valence-corrected chi connectivity index (χ3v) is 6.95. The Morgan fingerprint density at radius 1 is 1.19 bits per heavy atom. The van der Waals surface area contributed by atoms with Crippen molar-refractivity contribution < 1.29 is 9.53 Å². The summed E-state index contributed by atoms with van der Waals surface area (Å²) in [5, 5.41) is 11.7. The van der Waals surface area contributed by atoms with E-state index in [9.17, 15) is 4.79 Å². The highest BCUT2D eigenvalue weighted by molar-refractivity contribution is 7.99. The molecule has 1 aliphatic rings. The van der Waals surface area contributed by atoms with E-state index in [2.05, 4.69) is 26.5 Å². The Kier molecular flexibility index (Phi) is 7.56. The van der Waals surface area contributed by atoms with E-state index in [1.807, 2.05) is 54.2 Å². The van der Waals surface area contributed by atoms with E-state index in [4.69, 9.17) is 10.6 Å². The maximum absolute atomic E-state index is 12.5. The van der Waals surface area contributed by atoms with Gasteiger partial charge in [-0.3, -0.25) is 9.69 Å². The minimum atomic E-state index is -0.122. The fourth-order valence-electron chi connectivity index (χ4n) is 3.48. The second-order valence-electron chi connectivity index (χ2n) is 7.30. The van der Waals surface area contributed by atoms with Crippen molar-refractivity contribution in [3.63, 3.8) is 0 Å². The van der Waals surface area contributed by atoms with Gasteiger partial charge in [-0.15, -0.1) is 10.2 Å². The molecule has 1 fully saturated rings. The van der Waals surface area contributed by atoms with Gasteiger partial charge in [-0.05, 0) is 29.8 Å². The van der Waals surface area contributed by atoms with Crippen LogP contribution in [0.4, 0.5) is 5.69 Å². The van der Waals surface area contributed by atoms with Crippen molar-refractivity contribution in [2.75, 3.05) is 48.6 Å². The Morgan fingerprint density at radius 2 is 2.00 bits per heavy atom. The smallest absolute Gasteiger partial charge is 0.234 e. The maximum atomic E-state index is 12.5. The predicted molar refractivity (Wildman–Crippen MR) is 131 cm³/mol. The molecule has 3 N–H and O–H groups in total. The van der Waals surface area contributed by atoms with Crippen molar-refractivity contribution in [3.8, 4) is 17.1 Å². The van der Waals surface area contributed by atoms with Gasteiger partial charge < -0.3 is 15.9 Å². The van der Waals surface area contributed by atoms with Crippen LogP contribution in [0.25, 0.3) is 11.4 Å². The van der Waals surface area contributed by atoms with Gasteiger partial charge in [0.15, 0.2) is 5.82 Å². The molecule has 1 aromatic heterocycles. The van der Waals surface area contributed by atoms with Gasteiger partial charge in [0.2, 0.25) is 11.1 Å². The lowest BCUT2D eigenvalue weighted by Crippen LogP contribution is -2.31. The van der Waals surface area contributed by atoms with E-state index < -0.39 is 0 Å². The second kappa shape index (κ2) is 10.8. The Balaban J connectivity index is 1.35. The van der Waals surface area contributed by atoms with Gasteiger partial charge >= 0.3 is 0 Å². The molecule has 0 bridgehead atoms. The molecule has 1 amide bonds. The first-order valence-corrected chi connectivity index (χ1v) is 12.4. The molecule has 0 radical (unpaired) electrons. The van der Waals surface area contributed by atoms with Crippen molar-refractivity contribution in [2.24, 2.45) is 0 Å². The molecule has 10 heteroatoms. The molecule has 4 rings (SSSR count). The third kappa shape index (κ3) is 5.56. The minimum absolute atomic E-state index is 0.122. The van der Waals surface area contributed by atoms with Crippen molar-refractivity contribution in [1.29, 1.82) is 0 Å². The first-order valence-electron chi connectivity index (χ1n) is 10.3. The molecular formula is C22H26N6O2S2. The van der Waals surface area contributed by atoms with Crippen LogP contribution >= 0.6 is 23.5 Å². The summed E-state index contributed by atoms with van der Waals surface area (Å²) >= 11 is 3.24. The Bertz CT molecular complexity index is 1070. The number of para-hydroxylation sites is 1. The van der Waals surface area contributed by atoms with Crippen LogP contribution in [0.2, 0.25) is 0 Å². The summed E-state index contributed by atoms with van der Waals surface area (Å²) in [7, 11) is 1.59. The summed E-state index contributed by atoms with van der Waals surface area (Å²) in [6, 6.07) is 15.5. The largest absolute Gasteiger partial charge is 0.496 e. The molecule has 0 saturated carbocycles. The highest BCUT2D eigenvalue weighted by Crippen LogP contribution is 2.29. The number of carbonyl (C=O) groups excluding carboxylic acids is 1. The predicted octanol–water partition coefficient (Wildman–Crippen LogP) is 2.95. The maximum Gasteiger partial charge on any atom is 0.234 e. The molecule has 0 aliphatic carbocycles. The van der Waals surface area contributed by atoms with Crippen LogP contribution in [-0.2, 0) is 11.3 Å². The fraction of sp³-hybridized carbons (Fsp3) is 0.318. The van der Waals surface area contributed by atoms with Gasteiger partial charge in [0.1, 0.15) is 5.75 Å². The molecule has 32 heavy (non-hydrogen) atoms. The number of thioether (sulfide) groups is 2. The number of hydrogen-bond donors (Lipinski definition) is 2. The number of methoxy groups -OCH3 is 1. The number of carbonyl (C=O) groups is 1. The number of nitrogens with one attached hydrogen (secondary N) is 1. The first kappa shape index (κ1) is 22.5. The summed E-state index contributed by atoms with van der Waals surface area (Å²) in [4.78, 5) is 15.0. The SMILES string of the molecule is COc1ccccc1-c1nnc(SCC(=O)Nc2cccc(CN3CCSCC3)c2)n1N. The lowest BCUT2D eigenvalue weighted by atomic mass is 10.2. The molecule has 0 spiro atoms. The van der Waals surface area contributed by atoms with Gasteiger partial charge in [0.05, 0.1) is 18.4 Å². The first-order chi connectivity index (χ1) is 15.6. The van der Waals surface area contributed by atoms with Crippen LogP contribution in [0, 0.1) is 0 Å². The van der Waals surface area contributed by atoms with Crippen LogP contribution < -0.4 is 15.9 Å². The minimum Gasteiger partial charge on any atom is -0.496 e. The number of rotatable bonds is 8. The number of hydrogen-bond acceptors (Lipinski definition) is 8. The van der Waals surface area contributed by atoms with E-state index >= 15 is 0 Å². The lowest BCUT2D eigenvalue weighted by molar-refractivity contribution is -0.113. The monoisotopic (exact) mass is 470 g/mol. The molecule has 2 aromatic carbocycles. The van der Waals surface area contributed by atoms with Crippen molar-refractivity contribution in [1.82, 2.24) is 19.8 Å². The molecule has 1 saturated heterocycles.